The molecule has 1 aliphatic rings. The highest BCUT2D eigenvalue weighted by Crippen LogP contribution is 2.29. The van der Waals surface area contributed by atoms with Crippen molar-refractivity contribution in [2.45, 2.75) is 39.0 Å². The summed E-state index contributed by atoms with van der Waals surface area (Å²) in [5.74, 6) is 0.622. The van der Waals surface area contributed by atoms with Crippen LogP contribution >= 0.6 is 0 Å². The molecule has 1 aromatic heterocycles. The van der Waals surface area contributed by atoms with E-state index in [0.717, 1.165) is 36.3 Å². The molecule has 1 fully saturated rings. The number of benzene rings is 1. The minimum absolute atomic E-state index is 0.0512. The van der Waals surface area contributed by atoms with Gasteiger partial charge < -0.3 is 4.90 Å². The van der Waals surface area contributed by atoms with Crippen LogP contribution in [0, 0.1) is 5.82 Å². The standard InChI is InChI=1S/C19H25FN4O/c1-4-14-17(5-2)22-23(3)18(14)21-19(25)24-11-10-13(12-24)15-8-6-7-9-16(15)20/h6-9,13H,4-5,10-12H2,1-3H3,(H,21,25)/t13-/m0/s1. The Bertz CT molecular complexity index is 771. The third-order valence-corrected chi connectivity index (χ3v) is 4.96. The van der Waals surface area contributed by atoms with Crippen LogP contribution in [-0.2, 0) is 19.9 Å². The van der Waals surface area contributed by atoms with Gasteiger partial charge >= 0.3 is 6.03 Å². The third-order valence-electron chi connectivity index (χ3n) is 4.96. The lowest BCUT2D eigenvalue weighted by atomic mass is 9.98. The lowest BCUT2D eigenvalue weighted by Gasteiger charge is -2.18. The number of carbonyl (C=O) groups excluding carboxylic acids is 1. The van der Waals surface area contributed by atoms with Gasteiger partial charge in [0, 0.05) is 31.6 Å². The van der Waals surface area contributed by atoms with E-state index in [9.17, 15) is 9.18 Å². The van der Waals surface area contributed by atoms with Crippen LogP contribution in [0.5, 0.6) is 0 Å². The molecule has 0 saturated carbocycles. The fraction of sp³-hybridized carbons (Fsp3) is 0.474. The van der Waals surface area contributed by atoms with Gasteiger partial charge in [0.25, 0.3) is 0 Å². The van der Waals surface area contributed by atoms with E-state index >= 15 is 0 Å². The SMILES string of the molecule is CCc1nn(C)c(NC(=O)N2CC[C@H](c3ccccc3F)C2)c1CC. The minimum atomic E-state index is -0.192. The monoisotopic (exact) mass is 344 g/mol. The first-order valence-corrected chi connectivity index (χ1v) is 8.90. The van der Waals surface area contributed by atoms with Crippen molar-refractivity contribution in [3.05, 3.63) is 46.9 Å². The molecular weight excluding hydrogens is 319 g/mol. The fourth-order valence-electron chi connectivity index (χ4n) is 3.62. The summed E-state index contributed by atoms with van der Waals surface area (Å²) < 4.78 is 15.7. The summed E-state index contributed by atoms with van der Waals surface area (Å²) in [7, 11) is 1.85. The van der Waals surface area contributed by atoms with Crippen molar-refractivity contribution in [1.82, 2.24) is 14.7 Å². The van der Waals surface area contributed by atoms with E-state index in [2.05, 4.69) is 24.3 Å². The van der Waals surface area contributed by atoms with Gasteiger partial charge in [0.05, 0.1) is 5.69 Å². The number of aryl methyl sites for hydroxylation is 2. The topological polar surface area (TPSA) is 50.2 Å². The molecule has 3 rings (SSSR count). The van der Waals surface area contributed by atoms with Gasteiger partial charge in [0.1, 0.15) is 11.6 Å². The number of amides is 2. The van der Waals surface area contributed by atoms with Crippen molar-refractivity contribution in [2.24, 2.45) is 7.05 Å². The number of rotatable bonds is 4. The van der Waals surface area contributed by atoms with Gasteiger partial charge in [-0.3, -0.25) is 10.00 Å². The molecule has 5 nitrogen and oxygen atoms in total. The van der Waals surface area contributed by atoms with Crippen LogP contribution in [0.3, 0.4) is 0 Å². The van der Waals surface area contributed by atoms with Crippen LogP contribution in [0.15, 0.2) is 24.3 Å². The molecule has 1 aromatic carbocycles. The Morgan fingerprint density at radius 2 is 2.08 bits per heavy atom. The first-order chi connectivity index (χ1) is 12.0. The van der Waals surface area contributed by atoms with Crippen LogP contribution in [-0.4, -0.2) is 33.8 Å². The zero-order chi connectivity index (χ0) is 18.0. The van der Waals surface area contributed by atoms with E-state index < -0.39 is 0 Å². The number of carbonyl (C=O) groups is 1. The van der Waals surface area contributed by atoms with Gasteiger partial charge in [0.2, 0.25) is 0 Å². The molecule has 0 unspecified atom stereocenters. The average molecular weight is 344 g/mol. The number of aromatic nitrogens is 2. The Balaban J connectivity index is 1.71. The third kappa shape index (κ3) is 3.38. The molecule has 1 N–H and O–H groups in total. The number of hydrogen-bond acceptors (Lipinski definition) is 2. The summed E-state index contributed by atoms with van der Waals surface area (Å²) in [6.07, 6.45) is 2.44. The highest BCUT2D eigenvalue weighted by atomic mass is 19.1. The molecule has 25 heavy (non-hydrogen) atoms. The zero-order valence-electron chi connectivity index (χ0n) is 15.1. The Labute approximate surface area is 147 Å². The maximum absolute atomic E-state index is 14.0. The van der Waals surface area contributed by atoms with Gasteiger partial charge in [-0.15, -0.1) is 0 Å². The molecule has 0 aliphatic carbocycles. The largest absolute Gasteiger partial charge is 0.324 e. The van der Waals surface area contributed by atoms with Crippen LogP contribution in [0.4, 0.5) is 15.0 Å². The first kappa shape index (κ1) is 17.5. The second-order valence-corrected chi connectivity index (χ2v) is 6.49. The van der Waals surface area contributed by atoms with Crippen molar-refractivity contribution in [1.29, 1.82) is 0 Å². The van der Waals surface area contributed by atoms with Crippen molar-refractivity contribution < 1.29 is 9.18 Å². The second kappa shape index (κ2) is 7.25. The lowest BCUT2D eigenvalue weighted by Crippen LogP contribution is -2.33. The Morgan fingerprint density at radius 3 is 2.76 bits per heavy atom. The molecule has 0 spiro atoms. The molecule has 134 valence electrons. The molecule has 0 radical (unpaired) electrons. The lowest BCUT2D eigenvalue weighted by molar-refractivity contribution is 0.221. The van der Waals surface area contributed by atoms with Gasteiger partial charge in [-0.25, -0.2) is 9.18 Å². The van der Waals surface area contributed by atoms with Gasteiger partial charge in [0.15, 0.2) is 0 Å². The minimum Gasteiger partial charge on any atom is -0.324 e. The van der Waals surface area contributed by atoms with Crippen molar-refractivity contribution in [3.8, 4) is 0 Å². The summed E-state index contributed by atoms with van der Waals surface area (Å²) in [6, 6.07) is 6.69. The van der Waals surface area contributed by atoms with E-state index in [1.807, 2.05) is 19.2 Å². The zero-order valence-corrected chi connectivity index (χ0v) is 15.1. The van der Waals surface area contributed by atoms with Crippen LogP contribution in [0.2, 0.25) is 0 Å². The van der Waals surface area contributed by atoms with Crippen LogP contribution in [0.1, 0.15) is 43.0 Å². The number of nitrogens with one attached hydrogen (secondary N) is 1. The van der Waals surface area contributed by atoms with E-state index in [1.165, 1.54) is 6.07 Å². The summed E-state index contributed by atoms with van der Waals surface area (Å²) >= 11 is 0. The van der Waals surface area contributed by atoms with E-state index in [-0.39, 0.29) is 17.8 Å². The maximum atomic E-state index is 14.0. The number of likely N-dealkylation sites (tertiary alicyclic amines) is 1. The molecule has 2 aromatic rings. The highest BCUT2D eigenvalue weighted by molar-refractivity contribution is 5.89. The highest BCUT2D eigenvalue weighted by Gasteiger charge is 2.29. The van der Waals surface area contributed by atoms with Crippen LogP contribution in [0.25, 0.3) is 0 Å². The predicted octanol–water partition coefficient (Wildman–Crippen LogP) is 3.71. The Kier molecular flexibility index (Phi) is 5.06. The van der Waals surface area contributed by atoms with Gasteiger partial charge in [-0.2, -0.15) is 5.10 Å². The fourth-order valence-corrected chi connectivity index (χ4v) is 3.62. The van der Waals surface area contributed by atoms with Crippen LogP contribution < -0.4 is 5.32 Å². The van der Waals surface area contributed by atoms with Crippen molar-refractivity contribution >= 4 is 11.8 Å². The van der Waals surface area contributed by atoms with E-state index in [4.69, 9.17) is 0 Å². The number of halogens is 1. The normalized spacial score (nSPS) is 17.1. The molecule has 2 amide bonds. The molecular formula is C19H25FN4O. The van der Waals surface area contributed by atoms with Crippen molar-refractivity contribution in [3.63, 3.8) is 0 Å². The smallest absolute Gasteiger partial charge is 0.323 e. The second-order valence-electron chi connectivity index (χ2n) is 6.49. The summed E-state index contributed by atoms with van der Waals surface area (Å²) in [6.45, 7) is 5.29. The van der Waals surface area contributed by atoms with Gasteiger partial charge in [-0.1, -0.05) is 32.0 Å². The molecule has 0 bridgehead atoms. The molecule has 1 aliphatic heterocycles. The number of anilines is 1. The number of nitrogens with zero attached hydrogens (tertiary/aromatic N) is 3. The summed E-state index contributed by atoms with van der Waals surface area (Å²) in [5, 5.41) is 7.49. The van der Waals surface area contributed by atoms with E-state index in [0.29, 0.717) is 18.7 Å². The Morgan fingerprint density at radius 1 is 1.32 bits per heavy atom. The Hall–Kier alpha value is -2.37. The molecule has 6 heteroatoms. The first-order valence-electron chi connectivity index (χ1n) is 8.90. The maximum Gasteiger partial charge on any atom is 0.323 e. The average Bonchev–Trinajstić information content (AvgIpc) is 3.20. The van der Waals surface area contributed by atoms with Crippen molar-refractivity contribution in [2.75, 3.05) is 18.4 Å². The number of urea groups is 1. The molecule has 1 atom stereocenters. The molecule has 2 heterocycles. The van der Waals surface area contributed by atoms with E-state index in [1.54, 1.807) is 15.6 Å². The predicted molar refractivity (Wildman–Crippen MR) is 96.3 cm³/mol. The van der Waals surface area contributed by atoms with Gasteiger partial charge in [-0.05, 0) is 30.9 Å². The summed E-state index contributed by atoms with van der Waals surface area (Å²) in [4.78, 5) is 14.4. The number of hydrogen-bond donors (Lipinski definition) is 1. The molecule has 1 saturated heterocycles. The summed E-state index contributed by atoms with van der Waals surface area (Å²) in [5.41, 5.74) is 2.80. The quantitative estimate of drug-likeness (QED) is 0.919.